The van der Waals surface area contributed by atoms with Crippen molar-refractivity contribution in [1.29, 1.82) is 0 Å². The highest BCUT2D eigenvalue weighted by Crippen LogP contribution is 2.39. The van der Waals surface area contributed by atoms with Crippen molar-refractivity contribution < 1.29 is 9.47 Å². The van der Waals surface area contributed by atoms with E-state index in [2.05, 4.69) is 18.7 Å². The van der Waals surface area contributed by atoms with Gasteiger partial charge in [0, 0.05) is 19.2 Å². The minimum absolute atomic E-state index is 0.0223. The first-order valence-electron chi connectivity index (χ1n) is 6.51. The number of methoxy groups -OCH3 is 1. The van der Waals surface area contributed by atoms with Gasteiger partial charge >= 0.3 is 0 Å². The van der Waals surface area contributed by atoms with E-state index in [-0.39, 0.29) is 11.3 Å². The molecule has 1 aliphatic heterocycles. The predicted molar refractivity (Wildman–Crippen MR) is 64.4 cm³/mol. The zero-order chi connectivity index (χ0) is 11.6. The van der Waals surface area contributed by atoms with E-state index >= 15 is 0 Å². The van der Waals surface area contributed by atoms with Crippen molar-refractivity contribution in [2.24, 2.45) is 0 Å². The van der Waals surface area contributed by atoms with Crippen LogP contribution >= 0.6 is 0 Å². The fourth-order valence-corrected chi connectivity index (χ4v) is 3.30. The van der Waals surface area contributed by atoms with Crippen LogP contribution in [0.3, 0.4) is 0 Å². The van der Waals surface area contributed by atoms with Gasteiger partial charge in [-0.2, -0.15) is 0 Å². The molecule has 1 saturated heterocycles. The van der Waals surface area contributed by atoms with E-state index in [1.165, 1.54) is 32.1 Å². The number of morpholine rings is 1. The van der Waals surface area contributed by atoms with Gasteiger partial charge in [0.25, 0.3) is 0 Å². The van der Waals surface area contributed by atoms with Crippen LogP contribution < -0.4 is 0 Å². The molecule has 0 aromatic rings. The number of hydrogen-bond donors (Lipinski definition) is 0. The average Bonchev–Trinajstić information content (AvgIpc) is 2.29. The first-order valence-corrected chi connectivity index (χ1v) is 6.51. The summed E-state index contributed by atoms with van der Waals surface area (Å²) in [5.41, 5.74) is 0.0805. The average molecular weight is 227 g/mol. The normalized spacial score (nSPS) is 30.2. The van der Waals surface area contributed by atoms with Gasteiger partial charge in [0.05, 0.1) is 13.2 Å². The Bertz CT molecular complexity index is 234. The highest BCUT2D eigenvalue weighted by molar-refractivity contribution is 4.95. The van der Waals surface area contributed by atoms with Crippen molar-refractivity contribution in [3.05, 3.63) is 0 Å². The molecular weight excluding hydrogens is 202 g/mol. The lowest BCUT2D eigenvalue weighted by Crippen LogP contribution is -2.64. The summed E-state index contributed by atoms with van der Waals surface area (Å²) >= 11 is 0. The van der Waals surface area contributed by atoms with E-state index < -0.39 is 0 Å². The van der Waals surface area contributed by atoms with Crippen molar-refractivity contribution in [3.8, 4) is 0 Å². The molecule has 1 heterocycles. The van der Waals surface area contributed by atoms with Crippen molar-refractivity contribution in [3.63, 3.8) is 0 Å². The lowest BCUT2D eigenvalue weighted by Gasteiger charge is -2.54. The van der Waals surface area contributed by atoms with E-state index in [0.29, 0.717) is 0 Å². The number of hydrogen-bond acceptors (Lipinski definition) is 3. The molecule has 0 spiro atoms. The Morgan fingerprint density at radius 3 is 2.38 bits per heavy atom. The minimum Gasteiger partial charge on any atom is -0.378 e. The molecule has 16 heavy (non-hydrogen) atoms. The molecule has 0 unspecified atom stereocenters. The molecule has 0 aromatic carbocycles. The van der Waals surface area contributed by atoms with E-state index in [1.807, 2.05) is 7.11 Å². The fourth-order valence-electron chi connectivity index (χ4n) is 3.30. The molecule has 94 valence electrons. The van der Waals surface area contributed by atoms with Crippen LogP contribution in [0.4, 0.5) is 0 Å². The molecule has 0 N–H and O–H groups in total. The maximum Gasteiger partial charge on any atom is 0.121 e. The molecule has 2 aliphatic rings. The van der Waals surface area contributed by atoms with Gasteiger partial charge in [-0.05, 0) is 39.5 Å². The first kappa shape index (κ1) is 12.3. The Morgan fingerprint density at radius 1 is 1.12 bits per heavy atom. The maximum atomic E-state index is 5.92. The highest BCUT2D eigenvalue weighted by atomic mass is 16.5. The molecule has 0 bridgehead atoms. The molecule has 1 aliphatic carbocycles. The van der Waals surface area contributed by atoms with Crippen molar-refractivity contribution >= 4 is 0 Å². The highest BCUT2D eigenvalue weighted by Gasteiger charge is 2.46. The van der Waals surface area contributed by atoms with Crippen LogP contribution in [0.15, 0.2) is 0 Å². The number of rotatable bonds is 2. The lowest BCUT2D eigenvalue weighted by atomic mass is 9.86. The Kier molecular flexibility index (Phi) is 3.57. The third-order valence-electron chi connectivity index (χ3n) is 4.15. The molecule has 3 heteroatoms. The van der Waals surface area contributed by atoms with E-state index in [1.54, 1.807) is 0 Å². The molecule has 0 radical (unpaired) electrons. The molecule has 0 amide bonds. The Morgan fingerprint density at radius 2 is 1.81 bits per heavy atom. The summed E-state index contributed by atoms with van der Waals surface area (Å²) in [6.45, 7) is 7.19. The second-order valence-corrected chi connectivity index (χ2v) is 5.73. The molecule has 2 rings (SSSR count). The van der Waals surface area contributed by atoms with Crippen molar-refractivity contribution in [2.75, 3.05) is 26.9 Å². The van der Waals surface area contributed by atoms with E-state index in [4.69, 9.17) is 9.47 Å². The van der Waals surface area contributed by atoms with Crippen LogP contribution in [0.5, 0.6) is 0 Å². The monoisotopic (exact) mass is 227 g/mol. The van der Waals surface area contributed by atoms with Crippen LogP contribution in [0.1, 0.15) is 46.0 Å². The topological polar surface area (TPSA) is 21.7 Å². The predicted octanol–water partition coefficient (Wildman–Crippen LogP) is 2.40. The van der Waals surface area contributed by atoms with Gasteiger partial charge in [-0.25, -0.2) is 0 Å². The number of ether oxygens (including phenoxy) is 2. The smallest absolute Gasteiger partial charge is 0.121 e. The third kappa shape index (κ3) is 2.13. The fraction of sp³-hybridized carbons (Fsp3) is 1.00. The second kappa shape index (κ2) is 4.63. The summed E-state index contributed by atoms with van der Waals surface area (Å²) in [6, 6.07) is 0. The van der Waals surface area contributed by atoms with Crippen molar-refractivity contribution in [1.82, 2.24) is 4.90 Å². The van der Waals surface area contributed by atoms with Gasteiger partial charge in [0.15, 0.2) is 0 Å². The standard InChI is InChI=1S/C13H25NO2/c1-12(2)11-16-10-9-14(12)13(15-3)7-5-4-6-8-13/h4-11H2,1-3H3. The number of nitrogens with zero attached hydrogens (tertiary/aromatic N) is 1. The quantitative estimate of drug-likeness (QED) is 0.723. The van der Waals surface area contributed by atoms with Crippen LogP contribution in [0, 0.1) is 0 Å². The Balaban J connectivity index is 2.18. The van der Waals surface area contributed by atoms with Gasteiger partial charge in [0.2, 0.25) is 0 Å². The Hall–Kier alpha value is -0.120. The SMILES string of the molecule is COC1(N2CCOCC2(C)C)CCCCC1. The maximum absolute atomic E-state index is 5.92. The zero-order valence-corrected chi connectivity index (χ0v) is 10.9. The molecule has 1 saturated carbocycles. The lowest BCUT2D eigenvalue weighted by molar-refractivity contribution is -0.221. The van der Waals surface area contributed by atoms with Crippen LogP contribution in [0.2, 0.25) is 0 Å². The molecule has 2 fully saturated rings. The molecule has 0 aromatic heterocycles. The largest absolute Gasteiger partial charge is 0.378 e. The minimum atomic E-state index is -0.0223. The van der Waals surface area contributed by atoms with Crippen molar-refractivity contribution in [2.45, 2.75) is 57.2 Å². The summed E-state index contributed by atoms with van der Waals surface area (Å²) in [4.78, 5) is 2.54. The van der Waals surface area contributed by atoms with Gasteiger partial charge in [-0.15, -0.1) is 0 Å². The summed E-state index contributed by atoms with van der Waals surface area (Å²) in [6.07, 6.45) is 6.29. The summed E-state index contributed by atoms with van der Waals surface area (Å²) in [5.74, 6) is 0. The summed E-state index contributed by atoms with van der Waals surface area (Å²) in [7, 11) is 1.87. The zero-order valence-electron chi connectivity index (χ0n) is 10.9. The van der Waals surface area contributed by atoms with Gasteiger partial charge in [0.1, 0.15) is 5.72 Å². The second-order valence-electron chi connectivity index (χ2n) is 5.73. The van der Waals surface area contributed by atoms with E-state index in [0.717, 1.165) is 19.8 Å². The van der Waals surface area contributed by atoms with Crippen LogP contribution in [-0.4, -0.2) is 43.0 Å². The van der Waals surface area contributed by atoms with Gasteiger partial charge in [-0.1, -0.05) is 6.42 Å². The van der Waals surface area contributed by atoms with Gasteiger partial charge < -0.3 is 9.47 Å². The van der Waals surface area contributed by atoms with Crippen LogP contribution in [-0.2, 0) is 9.47 Å². The van der Waals surface area contributed by atoms with Gasteiger partial charge in [-0.3, -0.25) is 4.90 Å². The first-order chi connectivity index (χ1) is 7.61. The van der Waals surface area contributed by atoms with Crippen LogP contribution in [0.25, 0.3) is 0 Å². The Labute approximate surface area is 99.1 Å². The summed E-state index contributed by atoms with van der Waals surface area (Å²) in [5, 5.41) is 0. The molecule has 0 atom stereocenters. The molecule has 3 nitrogen and oxygen atoms in total. The third-order valence-corrected chi connectivity index (χ3v) is 4.15. The molecular formula is C13H25NO2. The van der Waals surface area contributed by atoms with E-state index in [9.17, 15) is 0 Å². The summed E-state index contributed by atoms with van der Waals surface area (Å²) < 4.78 is 11.5.